The first-order chi connectivity index (χ1) is 9.86. The number of aromatic nitrogens is 1. The minimum Gasteiger partial charge on any atom is -0.324 e. The summed E-state index contributed by atoms with van der Waals surface area (Å²) < 4.78 is 24.2. The molecule has 0 saturated carbocycles. The van der Waals surface area contributed by atoms with Crippen LogP contribution in [0.5, 0.6) is 0 Å². The van der Waals surface area contributed by atoms with Crippen LogP contribution in [0.3, 0.4) is 0 Å². The Morgan fingerprint density at radius 2 is 1.95 bits per heavy atom. The Kier molecular flexibility index (Phi) is 4.23. The van der Waals surface area contributed by atoms with Gasteiger partial charge in [-0.05, 0) is 24.3 Å². The summed E-state index contributed by atoms with van der Waals surface area (Å²) in [6.07, 6.45) is 2.60. The van der Waals surface area contributed by atoms with Crippen LogP contribution in [0.25, 0.3) is 0 Å². The number of nitrogens with zero attached hydrogens (tertiary/aromatic N) is 1. The normalized spacial score (nSPS) is 11.1. The van der Waals surface area contributed by atoms with E-state index in [2.05, 4.69) is 5.32 Å². The molecule has 0 spiro atoms. The minimum atomic E-state index is -3.33. The zero-order chi connectivity index (χ0) is 15.5. The highest BCUT2D eigenvalue weighted by atomic mass is 32.2. The van der Waals surface area contributed by atoms with E-state index in [4.69, 9.17) is 0 Å². The Balaban J connectivity index is 2.14. The van der Waals surface area contributed by atoms with Crippen LogP contribution in [0.15, 0.2) is 58.4 Å². The monoisotopic (exact) mass is 306 g/mol. The molecule has 1 amide bonds. The highest BCUT2D eigenvalue weighted by Gasteiger charge is 2.09. The van der Waals surface area contributed by atoms with Crippen molar-refractivity contribution in [1.82, 2.24) is 4.57 Å². The van der Waals surface area contributed by atoms with Crippen LogP contribution >= 0.6 is 0 Å². The third kappa shape index (κ3) is 4.03. The van der Waals surface area contributed by atoms with Gasteiger partial charge < -0.3 is 9.88 Å². The number of hydrogen-bond acceptors (Lipinski definition) is 4. The van der Waals surface area contributed by atoms with Crippen molar-refractivity contribution in [2.24, 2.45) is 0 Å². The molecular weight excluding hydrogens is 292 g/mol. The van der Waals surface area contributed by atoms with E-state index in [0.717, 1.165) is 6.26 Å². The maximum Gasteiger partial charge on any atom is 0.250 e. The molecule has 1 heterocycles. The van der Waals surface area contributed by atoms with E-state index in [1.807, 2.05) is 0 Å². The lowest BCUT2D eigenvalue weighted by Gasteiger charge is -2.08. The SMILES string of the molecule is CS(=O)(=O)c1cccc(NC(=O)Cn2ccccc2=O)c1. The van der Waals surface area contributed by atoms with E-state index in [9.17, 15) is 18.0 Å². The predicted molar refractivity (Wildman–Crippen MR) is 78.9 cm³/mol. The molecule has 110 valence electrons. The molecule has 2 rings (SSSR count). The number of carbonyl (C=O) groups is 1. The van der Waals surface area contributed by atoms with Crippen molar-refractivity contribution in [3.8, 4) is 0 Å². The zero-order valence-electron chi connectivity index (χ0n) is 11.3. The average Bonchev–Trinajstić information content (AvgIpc) is 2.41. The van der Waals surface area contributed by atoms with Crippen molar-refractivity contribution in [3.63, 3.8) is 0 Å². The van der Waals surface area contributed by atoms with Gasteiger partial charge in [-0.25, -0.2) is 8.42 Å². The largest absolute Gasteiger partial charge is 0.324 e. The first-order valence-corrected chi connectivity index (χ1v) is 8.01. The van der Waals surface area contributed by atoms with Gasteiger partial charge in [0.1, 0.15) is 6.54 Å². The second-order valence-corrected chi connectivity index (χ2v) is 6.53. The van der Waals surface area contributed by atoms with E-state index in [1.165, 1.54) is 29.0 Å². The molecule has 21 heavy (non-hydrogen) atoms. The second kappa shape index (κ2) is 5.92. The molecule has 2 aromatic rings. The highest BCUT2D eigenvalue weighted by molar-refractivity contribution is 7.90. The number of amides is 1. The summed E-state index contributed by atoms with van der Waals surface area (Å²) >= 11 is 0. The molecule has 1 aromatic carbocycles. The lowest BCUT2D eigenvalue weighted by atomic mass is 10.3. The molecule has 1 aromatic heterocycles. The van der Waals surface area contributed by atoms with Gasteiger partial charge in [-0.3, -0.25) is 9.59 Å². The molecule has 0 aliphatic carbocycles. The van der Waals surface area contributed by atoms with E-state index in [0.29, 0.717) is 5.69 Å². The summed E-state index contributed by atoms with van der Waals surface area (Å²) in [5, 5.41) is 2.57. The fourth-order valence-electron chi connectivity index (χ4n) is 1.75. The van der Waals surface area contributed by atoms with Crippen molar-refractivity contribution < 1.29 is 13.2 Å². The van der Waals surface area contributed by atoms with E-state index in [1.54, 1.807) is 24.3 Å². The quantitative estimate of drug-likeness (QED) is 0.909. The summed E-state index contributed by atoms with van der Waals surface area (Å²) in [7, 11) is -3.33. The maximum atomic E-state index is 11.9. The molecule has 0 radical (unpaired) electrons. The number of sulfone groups is 1. The van der Waals surface area contributed by atoms with Gasteiger partial charge in [-0.2, -0.15) is 0 Å². The Morgan fingerprint density at radius 1 is 1.19 bits per heavy atom. The first kappa shape index (κ1) is 15.0. The Bertz CT molecular complexity index is 825. The lowest BCUT2D eigenvalue weighted by Crippen LogP contribution is -2.26. The third-order valence-electron chi connectivity index (χ3n) is 2.76. The number of hydrogen-bond donors (Lipinski definition) is 1. The van der Waals surface area contributed by atoms with E-state index in [-0.39, 0.29) is 17.0 Å². The molecule has 7 heteroatoms. The average molecular weight is 306 g/mol. The van der Waals surface area contributed by atoms with Gasteiger partial charge in [0.05, 0.1) is 4.90 Å². The van der Waals surface area contributed by atoms with Crippen LogP contribution in [0.1, 0.15) is 0 Å². The van der Waals surface area contributed by atoms with Gasteiger partial charge in [0.25, 0.3) is 5.56 Å². The fourth-order valence-corrected chi connectivity index (χ4v) is 2.42. The number of anilines is 1. The number of carbonyl (C=O) groups excluding carboxylic acids is 1. The Labute approximate surface area is 122 Å². The summed E-state index contributed by atoms with van der Waals surface area (Å²) in [5.41, 5.74) is 0.0874. The van der Waals surface area contributed by atoms with Gasteiger partial charge in [0.15, 0.2) is 9.84 Å². The minimum absolute atomic E-state index is 0.122. The van der Waals surface area contributed by atoms with Crippen LogP contribution in [0.2, 0.25) is 0 Å². The molecule has 0 fully saturated rings. The summed E-state index contributed by atoms with van der Waals surface area (Å²) in [6.45, 7) is -0.136. The number of nitrogens with one attached hydrogen (secondary N) is 1. The van der Waals surface area contributed by atoms with Crippen molar-refractivity contribution >= 4 is 21.4 Å². The van der Waals surface area contributed by atoms with E-state index < -0.39 is 15.7 Å². The standard InChI is InChI=1S/C14H14N2O4S/c1-21(19,20)12-6-4-5-11(9-12)15-13(17)10-16-8-3-2-7-14(16)18/h2-9H,10H2,1H3,(H,15,17). The van der Waals surface area contributed by atoms with Crippen molar-refractivity contribution in [1.29, 1.82) is 0 Å². The Morgan fingerprint density at radius 3 is 2.62 bits per heavy atom. The van der Waals surface area contributed by atoms with Crippen molar-refractivity contribution in [2.75, 3.05) is 11.6 Å². The first-order valence-electron chi connectivity index (χ1n) is 6.12. The van der Waals surface area contributed by atoms with Crippen LogP contribution in [0.4, 0.5) is 5.69 Å². The van der Waals surface area contributed by atoms with Gasteiger partial charge in [-0.1, -0.05) is 12.1 Å². The second-order valence-electron chi connectivity index (χ2n) is 4.51. The zero-order valence-corrected chi connectivity index (χ0v) is 12.1. The van der Waals surface area contributed by atoms with Crippen LogP contribution in [-0.4, -0.2) is 25.1 Å². The van der Waals surface area contributed by atoms with Crippen molar-refractivity contribution in [2.45, 2.75) is 11.4 Å². The lowest BCUT2D eigenvalue weighted by molar-refractivity contribution is -0.116. The molecule has 0 unspecified atom stereocenters. The van der Waals surface area contributed by atoms with Crippen LogP contribution < -0.4 is 10.9 Å². The number of pyridine rings is 1. The molecule has 0 atom stereocenters. The number of benzene rings is 1. The Hall–Kier alpha value is -2.41. The molecule has 0 aliphatic rings. The molecular formula is C14H14N2O4S. The highest BCUT2D eigenvalue weighted by Crippen LogP contribution is 2.15. The summed E-state index contributed by atoms with van der Waals surface area (Å²) in [4.78, 5) is 23.5. The third-order valence-corrected chi connectivity index (χ3v) is 3.87. The van der Waals surface area contributed by atoms with Gasteiger partial charge in [0, 0.05) is 24.2 Å². The molecule has 0 saturated heterocycles. The summed E-state index contributed by atoms with van der Waals surface area (Å²) in [5.74, 6) is -0.408. The van der Waals surface area contributed by atoms with Gasteiger partial charge >= 0.3 is 0 Å². The van der Waals surface area contributed by atoms with Crippen LogP contribution in [-0.2, 0) is 21.2 Å². The van der Waals surface area contributed by atoms with Gasteiger partial charge in [-0.15, -0.1) is 0 Å². The van der Waals surface area contributed by atoms with Crippen molar-refractivity contribution in [3.05, 3.63) is 59.0 Å². The smallest absolute Gasteiger partial charge is 0.250 e. The van der Waals surface area contributed by atoms with Gasteiger partial charge in [0.2, 0.25) is 5.91 Å². The topological polar surface area (TPSA) is 85.2 Å². The predicted octanol–water partition coefficient (Wildman–Crippen LogP) is 0.891. The molecule has 6 nitrogen and oxygen atoms in total. The maximum absolute atomic E-state index is 11.9. The molecule has 0 bridgehead atoms. The molecule has 1 N–H and O–H groups in total. The fraction of sp³-hybridized carbons (Fsp3) is 0.143. The summed E-state index contributed by atoms with van der Waals surface area (Å²) in [6, 6.07) is 10.6. The van der Waals surface area contributed by atoms with E-state index >= 15 is 0 Å². The molecule has 0 aliphatic heterocycles. The van der Waals surface area contributed by atoms with Crippen LogP contribution in [0, 0.1) is 0 Å². The number of rotatable bonds is 4.